The van der Waals surface area contributed by atoms with Gasteiger partial charge in [-0.1, -0.05) is 29.3 Å². The normalized spacial score (nSPS) is 10.2. The van der Waals surface area contributed by atoms with Gasteiger partial charge in [0.1, 0.15) is 0 Å². The minimum absolute atomic E-state index is 0.00481. The van der Waals surface area contributed by atoms with Crippen LogP contribution in [0.2, 0.25) is 5.02 Å². The fourth-order valence-corrected chi connectivity index (χ4v) is 2.25. The van der Waals surface area contributed by atoms with Crippen molar-refractivity contribution in [2.45, 2.75) is 13.3 Å². The van der Waals surface area contributed by atoms with Gasteiger partial charge < -0.3 is 10.6 Å². The first-order valence-corrected chi connectivity index (χ1v) is 7.83. The van der Waals surface area contributed by atoms with Crippen LogP contribution < -0.4 is 10.6 Å². The molecule has 2 rings (SSSR count). The minimum Gasteiger partial charge on any atom is -0.351 e. The van der Waals surface area contributed by atoms with Gasteiger partial charge in [-0.05, 0) is 25.1 Å². The molecule has 2 N–H and O–H groups in total. The molecule has 0 aliphatic carbocycles. The van der Waals surface area contributed by atoms with Crippen molar-refractivity contribution in [1.82, 2.24) is 5.32 Å². The molecule has 0 unspecified atom stereocenters. The van der Waals surface area contributed by atoms with E-state index in [-0.39, 0.29) is 35.1 Å². The van der Waals surface area contributed by atoms with Gasteiger partial charge in [-0.2, -0.15) is 0 Å². The van der Waals surface area contributed by atoms with Gasteiger partial charge in [-0.25, -0.2) is 0 Å². The van der Waals surface area contributed by atoms with Crippen molar-refractivity contribution in [2.24, 2.45) is 0 Å². The highest BCUT2D eigenvalue weighted by atomic mass is 35.5. The van der Waals surface area contributed by atoms with Crippen molar-refractivity contribution < 1.29 is 14.5 Å². The molecule has 8 heteroatoms. The third kappa shape index (κ3) is 5.29. The number of nitro groups is 1. The third-order valence-electron chi connectivity index (χ3n) is 3.38. The van der Waals surface area contributed by atoms with Crippen molar-refractivity contribution in [3.63, 3.8) is 0 Å². The number of nitro benzene ring substituents is 1. The molecule has 130 valence electrons. The van der Waals surface area contributed by atoms with Gasteiger partial charge in [0, 0.05) is 30.8 Å². The van der Waals surface area contributed by atoms with E-state index in [0.29, 0.717) is 5.69 Å². The maximum Gasteiger partial charge on any atom is 0.270 e. The summed E-state index contributed by atoms with van der Waals surface area (Å²) in [5.41, 5.74) is 1.52. The molecule has 0 atom stereocenters. The van der Waals surface area contributed by atoms with Crippen LogP contribution in [0.15, 0.2) is 42.5 Å². The lowest BCUT2D eigenvalue weighted by Gasteiger charge is -2.08. The van der Waals surface area contributed by atoms with E-state index in [4.69, 9.17) is 11.6 Å². The van der Waals surface area contributed by atoms with Gasteiger partial charge in [0.2, 0.25) is 5.91 Å². The highest BCUT2D eigenvalue weighted by molar-refractivity contribution is 6.33. The molecule has 0 fully saturated rings. The highest BCUT2D eigenvalue weighted by Gasteiger charge is 2.15. The Bertz CT molecular complexity index is 806. The number of rotatable bonds is 6. The predicted octanol–water partition coefficient (Wildman–Crippen LogP) is 3.32. The summed E-state index contributed by atoms with van der Waals surface area (Å²) in [4.78, 5) is 34.1. The van der Waals surface area contributed by atoms with Gasteiger partial charge in [0.15, 0.2) is 0 Å². The largest absolute Gasteiger partial charge is 0.351 e. The average Bonchev–Trinajstić information content (AvgIpc) is 2.57. The molecule has 0 aliphatic heterocycles. The van der Waals surface area contributed by atoms with Crippen molar-refractivity contribution >= 4 is 34.8 Å². The van der Waals surface area contributed by atoms with E-state index in [9.17, 15) is 19.7 Å². The number of carbonyl (C=O) groups is 2. The molecule has 0 aromatic heterocycles. The van der Waals surface area contributed by atoms with Gasteiger partial charge in [-0.3, -0.25) is 19.7 Å². The van der Waals surface area contributed by atoms with Crippen LogP contribution in [-0.2, 0) is 4.79 Å². The Balaban J connectivity index is 1.88. The van der Waals surface area contributed by atoms with E-state index in [1.54, 1.807) is 12.1 Å². The number of amides is 2. The molecule has 0 spiro atoms. The molecule has 0 heterocycles. The van der Waals surface area contributed by atoms with E-state index < -0.39 is 10.8 Å². The van der Waals surface area contributed by atoms with Gasteiger partial charge in [-0.15, -0.1) is 0 Å². The van der Waals surface area contributed by atoms with Crippen LogP contribution >= 0.6 is 11.6 Å². The van der Waals surface area contributed by atoms with E-state index in [0.717, 1.165) is 11.6 Å². The van der Waals surface area contributed by atoms with Gasteiger partial charge >= 0.3 is 0 Å². The van der Waals surface area contributed by atoms with Crippen LogP contribution in [-0.4, -0.2) is 23.3 Å². The SMILES string of the molecule is Cc1ccc(NC(=O)CCNC(=O)c2cc([N+](=O)[O-])ccc2Cl)cc1. The fraction of sp³-hybridized carbons (Fsp3) is 0.176. The summed E-state index contributed by atoms with van der Waals surface area (Å²) in [5, 5.41) is 16.1. The average molecular weight is 362 g/mol. The van der Waals surface area contributed by atoms with Crippen molar-refractivity contribution in [3.05, 3.63) is 68.7 Å². The molecule has 25 heavy (non-hydrogen) atoms. The number of nitrogens with one attached hydrogen (secondary N) is 2. The molecule has 0 radical (unpaired) electrons. The number of aryl methyl sites for hydroxylation is 1. The van der Waals surface area contributed by atoms with E-state index in [2.05, 4.69) is 10.6 Å². The Morgan fingerprint density at radius 1 is 1.16 bits per heavy atom. The van der Waals surface area contributed by atoms with Crippen LogP contribution in [0.25, 0.3) is 0 Å². The Hall–Kier alpha value is -2.93. The maximum atomic E-state index is 12.1. The molecule has 0 aliphatic rings. The summed E-state index contributed by atoms with van der Waals surface area (Å²) < 4.78 is 0. The van der Waals surface area contributed by atoms with Gasteiger partial charge in [0.05, 0.1) is 15.5 Å². The number of hydrogen-bond acceptors (Lipinski definition) is 4. The number of halogens is 1. The Kier molecular flexibility index (Phi) is 6.08. The molecule has 0 saturated heterocycles. The van der Waals surface area contributed by atoms with E-state index in [1.165, 1.54) is 12.1 Å². The molecule has 2 amide bonds. The number of carbonyl (C=O) groups excluding carboxylic acids is 2. The first-order chi connectivity index (χ1) is 11.9. The zero-order valence-corrected chi connectivity index (χ0v) is 14.2. The van der Waals surface area contributed by atoms with Gasteiger partial charge in [0.25, 0.3) is 11.6 Å². The summed E-state index contributed by atoms with van der Waals surface area (Å²) in [6.45, 7) is 2.02. The summed E-state index contributed by atoms with van der Waals surface area (Å²) in [5.74, 6) is -0.828. The molecule has 7 nitrogen and oxygen atoms in total. The summed E-state index contributed by atoms with van der Waals surface area (Å²) in [6.07, 6.45) is 0.0617. The standard InChI is InChI=1S/C17H16ClN3O4/c1-11-2-4-12(5-3-11)20-16(22)8-9-19-17(23)14-10-13(21(24)25)6-7-15(14)18/h2-7,10H,8-9H2,1H3,(H,19,23)(H,20,22). The molecule has 2 aromatic rings. The first kappa shape index (κ1) is 18.4. The lowest BCUT2D eigenvalue weighted by Crippen LogP contribution is -2.28. The molecular weight excluding hydrogens is 346 g/mol. The molecular formula is C17H16ClN3O4. The third-order valence-corrected chi connectivity index (χ3v) is 3.71. The smallest absolute Gasteiger partial charge is 0.270 e. The quantitative estimate of drug-likeness (QED) is 0.608. The highest BCUT2D eigenvalue weighted by Crippen LogP contribution is 2.21. The Morgan fingerprint density at radius 2 is 1.84 bits per heavy atom. The lowest BCUT2D eigenvalue weighted by atomic mass is 10.2. The zero-order valence-electron chi connectivity index (χ0n) is 13.4. The summed E-state index contributed by atoms with van der Waals surface area (Å²) in [7, 11) is 0. The first-order valence-electron chi connectivity index (χ1n) is 7.45. The summed E-state index contributed by atoms with van der Waals surface area (Å²) >= 11 is 5.89. The van der Waals surface area contributed by atoms with Crippen molar-refractivity contribution in [1.29, 1.82) is 0 Å². The maximum absolute atomic E-state index is 12.1. The fourth-order valence-electron chi connectivity index (χ4n) is 2.05. The second-order valence-corrected chi connectivity index (χ2v) is 5.75. The number of benzene rings is 2. The Labute approximate surface area is 149 Å². The molecule has 0 saturated carbocycles. The van der Waals surface area contributed by atoms with Crippen molar-refractivity contribution in [2.75, 3.05) is 11.9 Å². The predicted molar refractivity (Wildman–Crippen MR) is 94.9 cm³/mol. The minimum atomic E-state index is -0.609. The van der Waals surface area contributed by atoms with Crippen LogP contribution in [0.5, 0.6) is 0 Å². The Morgan fingerprint density at radius 3 is 2.48 bits per heavy atom. The van der Waals surface area contributed by atoms with E-state index in [1.807, 2.05) is 19.1 Å². The number of nitrogens with zero attached hydrogens (tertiary/aromatic N) is 1. The number of anilines is 1. The lowest BCUT2D eigenvalue weighted by molar-refractivity contribution is -0.384. The topological polar surface area (TPSA) is 101 Å². The monoisotopic (exact) mass is 361 g/mol. The number of non-ortho nitro benzene ring substituents is 1. The second kappa shape index (κ2) is 8.25. The molecule has 2 aromatic carbocycles. The van der Waals surface area contributed by atoms with Crippen LogP contribution in [0.1, 0.15) is 22.3 Å². The zero-order chi connectivity index (χ0) is 18.4. The summed E-state index contributed by atoms with van der Waals surface area (Å²) in [6, 6.07) is 10.9. The molecule has 0 bridgehead atoms. The van der Waals surface area contributed by atoms with Crippen LogP contribution in [0.4, 0.5) is 11.4 Å². The van der Waals surface area contributed by atoms with Crippen LogP contribution in [0, 0.1) is 17.0 Å². The number of hydrogen-bond donors (Lipinski definition) is 2. The van der Waals surface area contributed by atoms with Crippen molar-refractivity contribution in [3.8, 4) is 0 Å². The van der Waals surface area contributed by atoms with Crippen LogP contribution in [0.3, 0.4) is 0 Å². The second-order valence-electron chi connectivity index (χ2n) is 5.34. The van der Waals surface area contributed by atoms with E-state index >= 15 is 0 Å².